The van der Waals surface area contributed by atoms with E-state index in [0.717, 1.165) is 54.0 Å². The summed E-state index contributed by atoms with van der Waals surface area (Å²) in [6.45, 7) is 2.60. The van der Waals surface area contributed by atoms with Gasteiger partial charge in [-0.1, -0.05) is 19.4 Å². The molecule has 1 aromatic carbocycles. The van der Waals surface area contributed by atoms with Crippen LogP contribution in [0.2, 0.25) is 0 Å². The summed E-state index contributed by atoms with van der Waals surface area (Å²) >= 11 is 0. The molecule has 3 aromatic heterocycles. The maximum atomic E-state index is 14.8. The molecule has 1 aliphatic rings. The van der Waals surface area contributed by atoms with Crippen LogP contribution in [0.1, 0.15) is 45.1 Å². The van der Waals surface area contributed by atoms with Gasteiger partial charge >= 0.3 is 5.69 Å². The minimum Gasteiger partial charge on any atom is -0.478 e. The van der Waals surface area contributed by atoms with Gasteiger partial charge in [0.1, 0.15) is 0 Å². The molecule has 4 aromatic rings. The highest BCUT2D eigenvalue weighted by Crippen LogP contribution is 2.36. The minimum atomic E-state index is -0.571. The molecule has 6 nitrogen and oxygen atoms in total. The molecule has 1 aliphatic carbocycles. The van der Waals surface area contributed by atoms with Crippen molar-refractivity contribution in [1.82, 2.24) is 19.1 Å². The Balaban J connectivity index is 1.64. The Bertz CT molecular complexity index is 1340. The topological polar surface area (TPSA) is 61.9 Å². The average molecular weight is 420 g/mol. The van der Waals surface area contributed by atoms with E-state index in [4.69, 9.17) is 4.74 Å². The molecule has 0 saturated heterocycles. The van der Waals surface area contributed by atoms with Gasteiger partial charge in [0.25, 0.3) is 0 Å². The van der Waals surface area contributed by atoms with Gasteiger partial charge in [-0.05, 0) is 49.4 Å². The number of imidazole rings is 1. The van der Waals surface area contributed by atoms with E-state index in [0.29, 0.717) is 23.6 Å². The van der Waals surface area contributed by atoms with Crippen molar-refractivity contribution in [1.29, 1.82) is 0 Å². The fourth-order valence-corrected chi connectivity index (χ4v) is 4.21. The number of ether oxygens (including phenoxy) is 1. The lowest BCUT2D eigenvalue weighted by atomic mass is 9.92. The van der Waals surface area contributed by atoms with Crippen molar-refractivity contribution in [3.05, 3.63) is 53.0 Å². The highest BCUT2D eigenvalue weighted by atomic mass is 19.1. The van der Waals surface area contributed by atoms with Crippen LogP contribution in [-0.4, -0.2) is 25.7 Å². The zero-order valence-corrected chi connectivity index (χ0v) is 17.8. The largest absolute Gasteiger partial charge is 0.478 e. The molecule has 1 saturated carbocycles. The molecule has 1 fully saturated rings. The number of aryl methyl sites for hydroxylation is 1. The third kappa shape index (κ3) is 3.28. The van der Waals surface area contributed by atoms with Crippen LogP contribution >= 0.6 is 0 Å². The quantitative estimate of drug-likeness (QED) is 0.326. The van der Waals surface area contributed by atoms with Crippen LogP contribution in [0.25, 0.3) is 33.1 Å². The van der Waals surface area contributed by atoms with E-state index < -0.39 is 5.95 Å². The summed E-state index contributed by atoms with van der Waals surface area (Å²) in [5, 5.41) is 0.849. The first-order chi connectivity index (χ1) is 15.1. The SMILES string of the molecule is CCCCOc1ccc(-c2ccc3ncc4c(c3c2)n(C2CCC2)c(=O)n4C)c(F)n1. The van der Waals surface area contributed by atoms with E-state index in [1.54, 1.807) is 29.9 Å². The molecular weight excluding hydrogens is 395 g/mol. The molecule has 0 spiro atoms. The fourth-order valence-electron chi connectivity index (χ4n) is 4.21. The average Bonchev–Trinajstić information content (AvgIpc) is 2.98. The summed E-state index contributed by atoms with van der Waals surface area (Å²) in [5.74, 6) is -0.278. The Labute approximate surface area is 179 Å². The number of rotatable bonds is 6. The van der Waals surface area contributed by atoms with Crippen LogP contribution in [0, 0.1) is 5.95 Å². The van der Waals surface area contributed by atoms with E-state index in [1.165, 1.54) is 0 Å². The number of pyridine rings is 2. The van der Waals surface area contributed by atoms with Gasteiger partial charge < -0.3 is 4.74 Å². The van der Waals surface area contributed by atoms with E-state index in [2.05, 4.69) is 16.9 Å². The van der Waals surface area contributed by atoms with Gasteiger partial charge in [-0.15, -0.1) is 0 Å². The monoisotopic (exact) mass is 420 g/mol. The number of hydrogen-bond donors (Lipinski definition) is 0. The summed E-state index contributed by atoms with van der Waals surface area (Å²) in [6, 6.07) is 9.23. The molecule has 5 rings (SSSR count). The number of nitrogens with zero attached hydrogens (tertiary/aromatic N) is 4. The highest BCUT2D eigenvalue weighted by Gasteiger charge is 2.26. The van der Waals surface area contributed by atoms with Gasteiger partial charge in [0.2, 0.25) is 11.8 Å². The van der Waals surface area contributed by atoms with Crippen molar-refractivity contribution in [2.24, 2.45) is 7.05 Å². The second-order valence-electron chi connectivity index (χ2n) is 8.21. The van der Waals surface area contributed by atoms with Crippen molar-refractivity contribution in [3.8, 4) is 17.0 Å². The number of benzene rings is 1. The summed E-state index contributed by atoms with van der Waals surface area (Å²) < 4.78 is 23.9. The first kappa shape index (κ1) is 19.7. The standard InChI is InChI=1S/C24H25FN4O2/c1-3-4-12-31-21-11-9-17(23(25)27-21)15-8-10-19-18(13-15)22-20(14-26-19)28(2)24(30)29(22)16-6-5-7-16/h8-11,13-14,16H,3-7,12H2,1-2H3. The van der Waals surface area contributed by atoms with Crippen LogP contribution in [-0.2, 0) is 7.05 Å². The van der Waals surface area contributed by atoms with Gasteiger partial charge in [0, 0.05) is 30.1 Å². The Kier molecular flexibility index (Phi) is 4.96. The Morgan fingerprint density at radius 2 is 2.06 bits per heavy atom. The maximum absolute atomic E-state index is 14.8. The first-order valence-electron chi connectivity index (χ1n) is 10.9. The molecule has 0 N–H and O–H groups in total. The first-order valence-corrected chi connectivity index (χ1v) is 10.9. The van der Waals surface area contributed by atoms with Gasteiger partial charge in [-0.3, -0.25) is 14.1 Å². The maximum Gasteiger partial charge on any atom is 0.329 e. The molecule has 0 aliphatic heterocycles. The zero-order chi connectivity index (χ0) is 21.5. The molecule has 0 amide bonds. The zero-order valence-electron chi connectivity index (χ0n) is 17.8. The molecular formula is C24H25FN4O2. The van der Waals surface area contributed by atoms with Crippen LogP contribution in [0.15, 0.2) is 41.3 Å². The van der Waals surface area contributed by atoms with E-state index in [-0.39, 0.29) is 11.7 Å². The van der Waals surface area contributed by atoms with Crippen molar-refractivity contribution < 1.29 is 9.13 Å². The number of halogens is 1. The van der Waals surface area contributed by atoms with Crippen LogP contribution < -0.4 is 10.4 Å². The van der Waals surface area contributed by atoms with Crippen molar-refractivity contribution >= 4 is 21.9 Å². The fraction of sp³-hybridized carbons (Fsp3) is 0.375. The summed E-state index contributed by atoms with van der Waals surface area (Å²) in [7, 11) is 1.78. The van der Waals surface area contributed by atoms with E-state index in [1.807, 2.05) is 22.8 Å². The summed E-state index contributed by atoms with van der Waals surface area (Å²) in [6.07, 6.45) is 6.79. The number of aromatic nitrogens is 4. The van der Waals surface area contributed by atoms with Gasteiger partial charge in [0.05, 0.1) is 29.4 Å². The third-order valence-corrected chi connectivity index (χ3v) is 6.24. The van der Waals surface area contributed by atoms with Crippen LogP contribution in [0.5, 0.6) is 5.88 Å². The van der Waals surface area contributed by atoms with E-state index in [9.17, 15) is 9.18 Å². The lowest BCUT2D eigenvalue weighted by molar-refractivity contribution is 0.293. The van der Waals surface area contributed by atoms with Crippen molar-refractivity contribution in [3.63, 3.8) is 0 Å². The molecule has 7 heteroatoms. The molecule has 31 heavy (non-hydrogen) atoms. The number of unbranched alkanes of at least 4 members (excludes halogenated alkanes) is 1. The smallest absolute Gasteiger partial charge is 0.329 e. The molecule has 160 valence electrons. The van der Waals surface area contributed by atoms with Gasteiger partial charge in [-0.2, -0.15) is 9.37 Å². The number of hydrogen-bond acceptors (Lipinski definition) is 4. The Morgan fingerprint density at radius 1 is 1.23 bits per heavy atom. The summed E-state index contributed by atoms with van der Waals surface area (Å²) in [4.78, 5) is 21.5. The number of fused-ring (bicyclic) bond motifs is 3. The van der Waals surface area contributed by atoms with Gasteiger partial charge in [0.15, 0.2) is 0 Å². The predicted octanol–water partition coefficient (Wildman–Crippen LogP) is 4.99. The Hall–Kier alpha value is -3.22. The second kappa shape index (κ2) is 7.80. The van der Waals surface area contributed by atoms with Crippen LogP contribution in [0.4, 0.5) is 4.39 Å². The summed E-state index contributed by atoms with van der Waals surface area (Å²) in [5.41, 5.74) is 3.51. The van der Waals surface area contributed by atoms with Crippen molar-refractivity contribution in [2.75, 3.05) is 6.61 Å². The van der Waals surface area contributed by atoms with Crippen LogP contribution in [0.3, 0.4) is 0 Å². The minimum absolute atomic E-state index is 0.0270. The normalized spacial score (nSPS) is 14.3. The van der Waals surface area contributed by atoms with Gasteiger partial charge in [-0.25, -0.2) is 4.79 Å². The Morgan fingerprint density at radius 3 is 2.77 bits per heavy atom. The lowest BCUT2D eigenvalue weighted by Gasteiger charge is -2.27. The second-order valence-corrected chi connectivity index (χ2v) is 8.21. The highest BCUT2D eigenvalue weighted by molar-refractivity contribution is 6.04. The predicted molar refractivity (Wildman–Crippen MR) is 119 cm³/mol. The lowest BCUT2D eigenvalue weighted by Crippen LogP contribution is -2.29. The van der Waals surface area contributed by atoms with Crippen molar-refractivity contribution in [2.45, 2.75) is 45.1 Å². The molecule has 3 heterocycles. The molecule has 0 unspecified atom stereocenters. The molecule has 0 atom stereocenters. The third-order valence-electron chi connectivity index (χ3n) is 6.24. The van der Waals surface area contributed by atoms with E-state index >= 15 is 0 Å². The molecule has 0 radical (unpaired) electrons. The molecule has 0 bridgehead atoms.